The van der Waals surface area contributed by atoms with E-state index in [2.05, 4.69) is 27.6 Å². The normalized spacial score (nSPS) is 18.7. The molecule has 6 atom stereocenters. The number of carbonyl (C=O) groups excluding carboxylic acids is 4. The molecule has 0 aliphatic carbocycles. The van der Waals surface area contributed by atoms with Gasteiger partial charge in [0.2, 0.25) is 11.8 Å². The molecule has 3 amide bonds. The van der Waals surface area contributed by atoms with E-state index in [-0.39, 0.29) is 48.0 Å². The van der Waals surface area contributed by atoms with Gasteiger partial charge in [-0.1, -0.05) is 51.6 Å². The van der Waals surface area contributed by atoms with Crippen molar-refractivity contribution in [2.24, 2.45) is 17.8 Å². The van der Waals surface area contributed by atoms with E-state index in [0.29, 0.717) is 19.4 Å². The van der Waals surface area contributed by atoms with Gasteiger partial charge in [-0.15, -0.1) is 0 Å². The number of Topliss-reactive ketones (excluding diaryl/α,β-unsaturated/α-hetero) is 1. The lowest BCUT2D eigenvalue weighted by molar-refractivity contribution is -0.144. The number of hydrazine groups is 1. The van der Waals surface area contributed by atoms with Gasteiger partial charge in [0.05, 0.1) is 17.8 Å². The first-order chi connectivity index (χ1) is 21.4. The molecule has 1 unspecified atom stereocenters. The molecule has 0 saturated carbocycles. The zero-order valence-corrected chi connectivity index (χ0v) is 27.6. The number of ketones is 1. The Kier molecular flexibility index (Phi) is 13.0. The van der Waals surface area contributed by atoms with Crippen LogP contribution in [0.4, 0.5) is 0 Å². The lowest BCUT2D eigenvalue weighted by Crippen LogP contribution is -2.61. The molecule has 0 radical (unpaired) electrons. The van der Waals surface area contributed by atoms with E-state index in [9.17, 15) is 19.2 Å². The molecule has 0 bridgehead atoms. The van der Waals surface area contributed by atoms with Crippen LogP contribution in [0.15, 0.2) is 49.2 Å². The smallest absolute Gasteiger partial charge is 0.258 e. The van der Waals surface area contributed by atoms with Crippen molar-refractivity contribution >= 4 is 40.4 Å². The summed E-state index contributed by atoms with van der Waals surface area (Å²) < 4.78 is 5.43. The maximum absolute atomic E-state index is 13.4. The Morgan fingerprint density at radius 3 is 2.49 bits per heavy atom. The van der Waals surface area contributed by atoms with E-state index in [1.807, 2.05) is 64.1 Å². The number of methoxy groups -OCH3 is 1. The fraction of sp³-hybridized carbons (Fsp3) is 0.514. The van der Waals surface area contributed by atoms with Crippen LogP contribution in [0.2, 0.25) is 0 Å². The first kappa shape index (κ1) is 35.6. The summed E-state index contributed by atoms with van der Waals surface area (Å²) in [6.45, 7) is 15.2. The summed E-state index contributed by atoms with van der Waals surface area (Å²) in [5.74, 6) is -2.09. The van der Waals surface area contributed by atoms with Gasteiger partial charge in [0.15, 0.2) is 0 Å². The van der Waals surface area contributed by atoms with Crippen LogP contribution >= 0.6 is 0 Å². The van der Waals surface area contributed by atoms with Crippen molar-refractivity contribution in [2.45, 2.75) is 85.0 Å². The summed E-state index contributed by atoms with van der Waals surface area (Å²) in [5, 5.41) is 9.30. The summed E-state index contributed by atoms with van der Waals surface area (Å²) in [6.07, 6.45) is 8.04. The van der Waals surface area contributed by atoms with E-state index in [4.69, 9.17) is 4.74 Å². The number of fused-ring (bicyclic) bond motifs is 1. The van der Waals surface area contributed by atoms with Crippen molar-refractivity contribution in [1.82, 2.24) is 26.1 Å². The number of nitrogens with one attached hydrogen (secondary N) is 3. The van der Waals surface area contributed by atoms with E-state index < -0.39 is 23.9 Å². The van der Waals surface area contributed by atoms with Gasteiger partial charge in [0, 0.05) is 43.5 Å². The molecule has 45 heavy (non-hydrogen) atoms. The van der Waals surface area contributed by atoms with Crippen LogP contribution < -0.4 is 16.1 Å². The molecule has 0 spiro atoms. The van der Waals surface area contributed by atoms with Crippen LogP contribution in [0, 0.1) is 17.8 Å². The monoisotopic (exact) mass is 619 g/mol. The highest BCUT2D eigenvalue weighted by Gasteiger charge is 2.34. The lowest BCUT2D eigenvalue weighted by Gasteiger charge is -2.35. The Hall–Kier alpha value is -3.89. The molecule has 3 rings (SSSR count). The van der Waals surface area contributed by atoms with Crippen LogP contribution in [-0.2, 0) is 23.9 Å². The minimum Gasteiger partial charge on any atom is -0.377 e. The molecular weight excluding hydrogens is 570 g/mol. The SMILES string of the molecule is C=Cc1cc2cc([C@@H](C)NC(=O)[C@@H]3CCCN(C(=O)[C@H](C)NC(=O)[C@@H](CC(=O)C(C)[C@@H](/C=C/C)OC)C(C)C)N3)ccc2cn1. The number of amides is 3. The summed E-state index contributed by atoms with van der Waals surface area (Å²) in [5.41, 5.74) is 4.79. The minimum absolute atomic E-state index is 0.0505. The number of nitrogens with zero attached hydrogens (tertiary/aromatic N) is 2. The molecule has 2 aromatic rings. The fourth-order valence-electron chi connectivity index (χ4n) is 5.56. The van der Waals surface area contributed by atoms with Crippen LogP contribution in [0.5, 0.6) is 0 Å². The number of benzene rings is 1. The quantitative estimate of drug-likeness (QED) is 0.265. The van der Waals surface area contributed by atoms with Gasteiger partial charge >= 0.3 is 0 Å². The highest BCUT2D eigenvalue weighted by molar-refractivity contribution is 5.92. The highest BCUT2D eigenvalue weighted by atomic mass is 16.5. The topological polar surface area (TPSA) is 130 Å². The average Bonchev–Trinajstić information content (AvgIpc) is 3.04. The van der Waals surface area contributed by atoms with Crippen LogP contribution in [0.25, 0.3) is 16.8 Å². The van der Waals surface area contributed by atoms with Gasteiger partial charge in [0.1, 0.15) is 17.9 Å². The number of hydrogen-bond acceptors (Lipinski definition) is 7. The average molecular weight is 620 g/mol. The maximum Gasteiger partial charge on any atom is 0.258 e. The van der Waals surface area contributed by atoms with Gasteiger partial charge in [-0.2, -0.15) is 0 Å². The summed E-state index contributed by atoms with van der Waals surface area (Å²) >= 11 is 0. The molecule has 1 saturated heterocycles. The Morgan fingerprint density at radius 1 is 1.11 bits per heavy atom. The second kappa shape index (κ2) is 16.4. The molecule has 1 fully saturated rings. The largest absolute Gasteiger partial charge is 0.377 e. The third-order valence-corrected chi connectivity index (χ3v) is 8.55. The Balaban J connectivity index is 1.59. The molecule has 1 aliphatic heterocycles. The minimum atomic E-state index is -0.846. The standard InChI is InChI=1S/C35H49N5O5/c1-9-12-32(45-8)22(5)31(41)19-29(21(3)4)33(42)38-24(7)35(44)40-16-11-13-30(39-40)34(43)37-23(6)25-14-15-26-20-36-28(10-2)18-27(26)17-25/h9-10,12,14-15,17-18,20-24,29-30,32,39H,2,11,13,16,19H2,1,3-8H3,(H,37,43)(H,38,42)/b12-9+/t22?,23-,24+,29+,30+,32-/m1/s1. The van der Waals surface area contributed by atoms with Crippen molar-refractivity contribution in [2.75, 3.05) is 13.7 Å². The maximum atomic E-state index is 13.4. The predicted molar refractivity (Wildman–Crippen MR) is 177 cm³/mol. The molecule has 10 heteroatoms. The molecule has 1 aromatic carbocycles. The second-order valence-electron chi connectivity index (χ2n) is 12.2. The first-order valence-electron chi connectivity index (χ1n) is 15.8. The summed E-state index contributed by atoms with van der Waals surface area (Å²) in [7, 11) is 1.56. The fourth-order valence-corrected chi connectivity index (χ4v) is 5.56. The van der Waals surface area contributed by atoms with Gasteiger partial charge in [-0.3, -0.25) is 29.2 Å². The highest BCUT2D eigenvalue weighted by Crippen LogP contribution is 2.23. The van der Waals surface area contributed by atoms with E-state index in [0.717, 1.165) is 22.0 Å². The van der Waals surface area contributed by atoms with E-state index in [1.165, 1.54) is 5.01 Å². The van der Waals surface area contributed by atoms with Crippen LogP contribution in [0.3, 0.4) is 0 Å². The summed E-state index contributed by atoms with van der Waals surface area (Å²) in [4.78, 5) is 57.3. The number of hydrogen-bond donors (Lipinski definition) is 3. The first-order valence-corrected chi connectivity index (χ1v) is 15.8. The molecule has 1 aliphatic rings. The third kappa shape index (κ3) is 9.31. The van der Waals surface area contributed by atoms with Gasteiger partial charge in [0.25, 0.3) is 5.91 Å². The second-order valence-corrected chi connectivity index (χ2v) is 12.2. The van der Waals surface area contributed by atoms with E-state index in [1.54, 1.807) is 33.2 Å². The number of aromatic nitrogens is 1. The summed E-state index contributed by atoms with van der Waals surface area (Å²) in [6, 6.07) is 6.22. The Morgan fingerprint density at radius 2 is 1.84 bits per heavy atom. The molecular formula is C35H49N5O5. The van der Waals surface area contributed by atoms with Gasteiger partial charge < -0.3 is 15.4 Å². The molecule has 1 aromatic heterocycles. The molecule has 10 nitrogen and oxygen atoms in total. The molecule has 2 heterocycles. The Bertz CT molecular complexity index is 1410. The van der Waals surface area contributed by atoms with Gasteiger partial charge in [-0.05, 0) is 68.7 Å². The van der Waals surface area contributed by atoms with Crippen molar-refractivity contribution < 1.29 is 23.9 Å². The number of allylic oxidation sites excluding steroid dienone is 1. The Labute approximate surface area is 267 Å². The lowest BCUT2D eigenvalue weighted by atomic mass is 9.85. The number of rotatable bonds is 14. The van der Waals surface area contributed by atoms with Crippen molar-refractivity contribution in [3.8, 4) is 0 Å². The van der Waals surface area contributed by atoms with Crippen molar-refractivity contribution in [1.29, 1.82) is 0 Å². The van der Waals surface area contributed by atoms with Crippen molar-refractivity contribution in [3.63, 3.8) is 0 Å². The van der Waals surface area contributed by atoms with Crippen LogP contribution in [0.1, 0.15) is 78.1 Å². The number of ether oxygens (including phenoxy) is 1. The number of pyridine rings is 1. The zero-order valence-electron chi connectivity index (χ0n) is 27.6. The molecule has 244 valence electrons. The third-order valence-electron chi connectivity index (χ3n) is 8.55. The van der Waals surface area contributed by atoms with Crippen molar-refractivity contribution in [3.05, 3.63) is 60.5 Å². The zero-order chi connectivity index (χ0) is 33.3. The van der Waals surface area contributed by atoms with Gasteiger partial charge in [-0.25, -0.2) is 5.43 Å². The van der Waals surface area contributed by atoms with E-state index >= 15 is 0 Å². The molecule has 3 N–H and O–H groups in total. The van der Waals surface area contributed by atoms with Crippen LogP contribution in [-0.4, -0.2) is 65.3 Å². The number of carbonyl (C=O) groups is 4. The predicted octanol–water partition coefficient (Wildman–Crippen LogP) is 4.51.